The van der Waals surface area contributed by atoms with Crippen molar-refractivity contribution in [1.29, 1.82) is 0 Å². The van der Waals surface area contributed by atoms with Crippen LogP contribution in [0.4, 0.5) is 18.9 Å². The molecule has 1 unspecified atom stereocenters. The molecule has 31 heavy (non-hydrogen) atoms. The fourth-order valence-corrected chi connectivity index (χ4v) is 3.46. The van der Waals surface area contributed by atoms with Gasteiger partial charge in [-0.05, 0) is 36.2 Å². The zero-order chi connectivity index (χ0) is 22.8. The van der Waals surface area contributed by atoms with Crippen LogP contribution in [0.3, 0.4) is 0 Å². The molecule has 1 heterocycles. The van der Waals surface area contributed by atoms with Crippen LogP contribution in [0.5, 0.6) is 0 Å². The number of rotatable bonds is 6. The molecule has 10 heteroatoms. The van der Waals surface area contributed by atoms with Gasteiger partial charge in [0.1, 0.15) is 0 Å². The molecule has 0 radical (unpaired) electrons. The lowest BCUT2D eigenvalue weighted by Crippen LogP contribution is -2.52. The van der Waals surface area contributed by atoms with Gasteiger partial charge in [-0.25, -0.2) is 0 Å². The molecular formula is C21H20F3N3O4. The average Bonchev–Trinajstić information content (AvgIpc) is 3.03. The Hall–Kier alpha value is -3.40. The zero-order valence-electron chi connectivity index (χ0n) is 16.3. The van der Waals surface area contributed by atoms with E-state index in [9.17, 15) is 32.7 Å². The molecule has 0 aromatic heterocycles. The summed E-state index contributed by atoms with van der Waals surface area (Å²) in [7, 11) is 0. The number of nitrogens with two attached hydrogens (primary N) is 1. The van der Waals surface area contributed by atoms with Gasteiger partial charge >= 0.3 is 6.18 Å². The Kier molecular flexibility index (Phi) is 6.03. The minimum Gasteiger partial charge on any atom is -0.372 e. The maximum Gasteiger partial charge on any atom is 0.416 e. The van der Waals surface area contributed by atoms with Crippen LogP contribution in [-0.4, -0.2) is 41.5 Å². The number of carbonyl (C=O) groups excluding carboxylic acids is 3. The van der Waals surface area contributed by atoms with Gasteiger partial charge in [-0.2, -0.15) is 13.2 Å². The van der Waals surface area contributed by atoms with Crippen LogP contribution in [0, 0.1) is 0 Å². The summed E-state index contributed by atoms with van der Waals surface area (Å²) in [6.07, 6.45) is -4.87. The fraction of sp³-hybridized carbons (Fsp3) is 0.286. The van der Waals surface area contributed by atoms with E-state index in [1.807, 2.05) is 0 Å². The van der Waals surface area contributed by atoms with Crippen molar-refractivity contribution in [3.05, 3.63) is 65.2 Å². The summed E-state index contributed by atoms with van der Waals surface area (Å²) >= 11 is 0. The van der Waals surface area contributed by atoms with E-state index in [1.165, 1.54) is 42.5 Å². The van der Waals surface area contributed by atoms with E-state index in [1.54, 1.807) is 0 Å². The minimum atomic E-state index is -4.53. The Morgan fingerprint density at radius 2 is 1.87 bits per heavy atom. The molecular weight excluding hydrogens is 415 g/mol. The normalized spacial score (nSPS) is 18.8. The second kappa shape index (κ2) is 8.38. The van der Waals surface area contributed by atoms with Crippen molar-refractivity contribution in [3.63, 3.8) is 0 Å². The molecule has 0 aliphatic carbocycles. The molecule has 3 rings (SSSR count). The van der Waals surface area contributed by atoms with Crippen molar-refractivity contribution in [2.24, 2.45) is 5.73 Å². The van der Waals surface area contributed by atoms with Crippen molar-refractivity contribution in [1.82, 2.24) is 5.32 Å². The fourth-order valence-electron chi connectivity index (χ4n) is 3.46. The molecule has 1 aliphatic heterocycles. The van der Waals surface area contributed by atoms with E-state index in [0.717, 1.165) is 11.0 Å². The standard InChI is InChI=1S/C21H20F3N3O4/c22-21(23,24)16-7-2-1-4-13(16)8-10-26-18(29)20(31)9-11-27(19(20)30)15-6-3-5-14(12-15)17(25)28/h1-7,12,31H,8-11H2,(H2,25,28)(H,26,29). The van der Waals surface area contributed by atoms with Gasteiger partial charge in [-0.1, -0.05) is 24.3 Å². The molecule has 164 valence electrons. The van der Waals surface area contributed by atoms with Gasteiger partial charge in [0.15, 0.2) is 0 Å². The molecule has 1 saturated heterocycles. The monoisotopic (exact) mass is 435 g/mol. The van der Waals surface area contributed by atoms with Crippen LogP contribution in [0.25, 0.3) is 0 Å². The number of hydrogen-bond acceptors (Lipinski definition) is 4. The molecule has 0 saturated carbocycles. The Morgan fingerprint density at radius 3 is 2.55 bits per heavy atom. The van der Waals surface area contributed by atoms with Gasteiger partial charge in [0.2, 0.25) is 11.5 Å². The highest BCUT2D eigenvalue weighted by atomic mass is 19.4. The smallest absolute Gasteiger partial charge is 0.372 e. The Bertz CT molecular complexity index is 1020. The first-order chi connectivity index (χ1) is 14.5. The number of nitrogens with one attached hydrogen (secondary N) is 1. The summed E-state index contributed by atoms with van der Waals surface area (Å²) < 4.78 is 39.2. The number of hydrogen-bond donors (Lipinski definition) is 3. The van der Waals surface area contributed by atoms with Crippen LogP contribution >= 0.6 is 0 Å². The van der Waals surface area contributed by atoms with E-state index in [-0.39, 0.29) is 37.1 Å². The van der Waals surface area contributed by atoms with Crippen molar-refractivity contribution >= 4 is 23.4 Å². The maximum absolute atomic E-state index is 13.1. The van der Waals surface area contributed by atoms with Gasteiger partial charge in [0.05, 0.1) is 5.56 Å². The van der Waals surface area contributed by atoms with Crippen LogP contribution in [0.15, 0.2) is 48.5 Å². The summed E-state index contributed by atoms with van der Waals surface area (Å²) in [5.41, 5.74) is 2.52. The number of halogens is 3. The number of benzene rings is 2. The highest BCUT2D eigenvalue weighted by Crippen LogP contribution is 2.32. The second-order valence-corrected chi connectivity index (χ2v) is 7.14. The van der Waals surface area contributed by atoms with Crippen molar-refractivity contribution in [3.8, 4) is 0 Å². The molecule has 3 amide bonds. The van der Waals surface area contributed by atoms with Gasteiger partial charge < -0.3 is 21.1 Å². The van der Waals surface area contributed by atoms with E-state index < -0.39 is 35.1 Å². The van der Waals surface area contributed by atoms with Crippen LogP contribution in [0.1, 0.15) is 27.9 Å². The quantitative estimate of drug-likeness (QED) is 0.599. The van der Waals surface area contributed by atoms with Crippen LogP contribution in [0.2, 0.25) is 0 Å². The molecule has 0 bridgehead atoms. The van der Waals surface area contributed by atoms with Gasteiger partial charge in [-0.15, -0.1) is 0 Å². The average molecular weight is 435 g/mol. The molecule has 2 aromatic carbocycles. The van der Waals surface area contributed by atoms with E-state index in [4.69, 9.17) is 5.73 Å². The molecule has 1 fully saturated rings. The molecule has 2 aromatic rings. The Balaban J connectivity index is 1.67. The van der Waals surface area contributed by atoms with Gasteiger partial charge in [0.25, 0.3) is 11.8 Å². The number of anilines is 1. The molecule has 1 atom stereocenters. The highest BCUT2D eigenvalue weighted by molar-refractivity contribution is 6.16. The first-order valence-corrected chi connectivity index (χ1v) is 9.41. The summed E-state index contributed by atoms with van der Waals surface area (Å²) in [6.45, 7) is -0.180. The van der Waals surface area contributed by atoms with E-state index in [0.29, 0.717) is 5.69 Å². The lowest BCUT2D eigenvalue weighted by Gasteiger charge is -2.22. The number of carbonyl (C=O) groups is 3. The van der Waals surface area contributed by atoms with Crippen LogP contribution in [-0.2, 0) is 22.2 Å². The molecule has 4 N–H and O–H groups in total. The van der Waals surface area contributed by atoms with Gasteiger partial charge in [-0.3, -0.25) is 14.4 Å². The lowest BCUT2D eigenvalue weighted by molar-refractivity contribution is -0.149. The summed E-state index contributed by atoms with van der Waals surface area (Å²) in [4.78, 5) is 37.7. The predicted octanol–water partition coefficient (Wildman–Crippen LogP) is 1.63. The number of primary amides is 1. The molecule has 7 nitrogen and oxygen atoms in total. The first-order valence-electron chi connectivity index (χ1n) is 9.41. The lowest BCUT2D eigenvalue weighted by atomic mass is 10.0. The third-order valence-corrected chi connectivity index (χ3v) is 5.12. The predicted molar refractivity (Wildman–Crippen MR) is 105 cm³/mol. The highest BCUT2D eigenvalue weighted by Gasteiger charge is 2.51. The van der Waals surface area contributed by atoms with Crippen molar-refractivity contribution in [2.75, 3.05) is 18.0 Å². The molecule has 0 spiro atoms. The summed E-state index contributed by atoms with van der Waals surface area (Å²) in [6, 6.07) is 10.9. The van der Waals surface area contributed by atoms with E-state index in [2.05, 4.69) is 5.32 Å². The zero-order valence-corrected chi connectivity index (χ0v) is 16.3. The van der Waals surface area contributed by atoms with Crippen molar-refractivity contribution < 1.29 is 32.7 Å². The molecule has 1 aliphatic rings. The maximum atomic E-state index is 13.1. The number of aliphatic hydroxyl groups is 1. The largest absolute Gasteiger partial charge is 0.416 e. The Morgan fingerprint density at radius 1 is 1.16 bits per heavy atom. The topological polar surface area (TPSA) is 113 Å². The van der Waals surface area contributed by atoms with Gasteiger partial charge in [0, 0.05) is 30.8 Å². The second-order valence-electron chi connectivity index (χ2n) is 7.14. The summed E-state index contributed by atoms with van der Waals surface area (Å²) in [5.74, 6) is -2.57. The van der Waals surface area contributed by atoms with Crippen molar-refractivity contribution in [2.45, 2.75) is 24.6 Å². The number of nitrogens with zero attached hydrogens (tertiary/aromatic N) is 1. The SMILES string of the molecule is NC(=O)c1cccc(N2CCC(O)(C(=O)NCCc3ccccc3C(F)(F)F)C2=O)c1. The minimum absolute atomic E-state index is 0.00932. The third kappa shape index (κ3) is 4.53. The van der Waals surface area contributed by atoms with Crippen LogP contribution < -0.4 is 16.0 Å². The number of amides is 3. The van der Waals surface area contributed by atoms with E-state index >= 15 is 0 Å². The third-order valence-electron chi connectivity index (χ3n) is 5.12. The first kappa shape index (κ1) is 22.3. The summed E-state index contributed by atoms with van der Waals surface area (Å²) in [5, 5.41) is 13.0. The number of alkyl halides is 3. The Labute approximate surface area is 175 Å².